The molecule has 18 heavy (non-hydrogen) atoms. The molecule has 0 N–H and O–H groups in total. The SMILES string of the molecule is Cc1ccc(C=O)c(-c2c(C)cc(F)cc2C)c1. The predicted octanol–water partition coefficient (Wildman–Crippen LogP) is 4.23. The predicted molar refractivity (Wildman–Crippen MR) is 71.4 cm³/mol. The van der Waals surface area contributed by atoms with Gasteiger partial charge in [-0.1, -0.05) is 23.8 Å². The first-order valence-electron chi connectivity index (χ1n) is 5.86. The van der Waals surface area contributed by atoms with Crippen LogP contribution in [0.4, 0.5) is 4.39 Å². The standard InChI is InChI=1S/C16H15FO/c1-10-4-5-13(9-18)15(6-10)16-11(2)7-14(17)8-12(16)3/h4-9H,1-3H3. The highest BCUT2D eigenvalue weighted by Gasteiger charge is 2.11. The van der Waals surface area contributed by atoms with Crippen LogP contribution in [0.3, 0.4) is 0 Å². The van der Waals surface area contributed by atoms with Gasteiger partial charge in [0.1, 0.15) is 5.82 Å². The summed E-state index contributed by atoms with van der Waals surface area (Å²) in [6.07, 6.45) is 0.844. The van der Waals surface area contributed by atoms with Crippen molar-refractivity contribution in [2.45, 2.75) is 20.8 Å². The summed E-state index contributed by atoms with van der Waals surface area (Å²) in [5, 5.41) is 0. The average Bonchev–Trinajstić information content (AvgIpc) is 2.28. The van der Waals surface area contributed by atoms with E-state index in [0.717, 1.165) is 34.1 Å². The van der Waals surface area contributed by atoms with Gasteiger partial charge in [-0.2, -0.15) is 0 Å². The van der Waals surface area contributed by atoms with E-state index in [1.807, 2.05) is 32.9 Å². The maximum Gasteiger partial charge on any atom is 0.150 e. The van der Waals surface area contributed by atoms with Gasteiger partial charge in [0.15, 0.2) is 6.29 Å². The van der Waals surface area contributed by atoms with Crippen LogP contribution in [0.2, 0.25) is 0 Å². The first-order chi connectivity index (χ1) is 8.52. The Bertz CT molecular complexity index is 591. The molecule has 2 rings (SSSR count). The van der Waals surface area contributed by atoms with Crippen LogP contribution < -0.4 is 0 Å². The molecule has 92 valence electrons. The van der Waals surface area contributed by atoms with Crippen LogP contribution >= 0.6 is 0 Å². The summed E-state index contributed by atoms with van der Waals surface area (Å²) in [4.78, 5) is 11.1. The average molecular weight is 242 g/mol. The Morgan fingerprint density at radius 2 is 1.61 bits per heavy atom. The molecule has 0 spiro atoms. The first-order valence-corrected chi connectivity index (χ1v) is 5.86. The Morgan fingerprint density at radius 3 is 2.17 bits per heavy atom. The summed E-state index contributed by atoms with van der Waals surface area (Å²) in [6.45, 7) is 5.71. The molecule has 0 bridgehead atoms. The lowest BCUT2D eigenvalue weighted by Crippen LogP contribution is -1.95. The van der Waals surface area contributed by atoms with E-state index < -0.39 is 0 Å². The summed E-state index contributed by atoms with van der Waals surface area (Å²) in [5.41, 5.74) is 5.24. The van der Waals surface area contributed by atoms with E-state index in [0.29, 0.717) is 5.56 Å². The van der Waals surface area contributed by atoms with Gasteiger partial charge in [0.05, 0.1) is 0 Å². The molecule has 0 aliphatic heterocycles. The van der Waals surface area contributed by atoms with Crippen molar-refractivity contribution in [3.8, 4) is 11.1 Å². The van der Waals surface area contributed by atoms with Crippen LogP contribution in [-0.2, 0) is 0 Å². The number of aryl methyl sites for hydroxylation is 3. The highest BCUT2D eigenvalue weighted by Crippen LogP contribution is 2.31. The van der Waals surface area contributed by atoms with E-state index in [4.69, 9.17) is 0 Å². The molecule has 2 heteroatoms. The van der Waals surface area contributed by atoms with E-state index in [-0.39, 0.29) is 5.82 Å². The van der Waals surface area contributed by atoms with Gasteiger partial charge in [0, 0.05) is 5.56 Å². The van der Waals surface area contributed by atoms with Gasteiger partial charge in [-0.05, 0) is 55.2 Å². The number of rotatable bonds is 2. The largest absolute Gasteiger partial charge is 0.298 e. The Labute approximate surface area is 106 Å². The summed E-state index contributed by atoms with van der Waals surface area (Å²) in [6, 6.07) is 8.68. The van der Waals surface area contributed by atoms with Gasteiger partial charge in [0.25, 0.3) is 0 Å². The van der Waals surface area contributed by atoms with Crippen LogP contribution in [0.1, 0.15) is 27.0 Å². The summed E-state index contributed by atoms with van der Waals surface area (Å²) < 4.78 is 13.3. The van der Waals surface area contributed by atoms with Crippen molar-refractivity contribution in [3.63, 3.8) is 0 Å². The van der Waals surface area contributed by atoms with Gasteiger partial charge in [0.2, 0.25) is 0 Å². The molecule has 0 radical (unpaired) electrons. The van der Waals surface area contributed by atoms with Crippen LogP contribution in [0, 0.1) is 26.6 Å². The maximum absolute atomic E-state index is 13.3. The Morgan fingerprint density at radius 1 is 1.00 bits per heavy atom. The van der Waals surface area contributed by atoms with Crippen molar-refractivity contribution < 1.29 is 9.18 Å². The van der Waals surface area contributed by atoms with Gasteiger partial charge >= 0.3 is 0 Å². The summed E-state index contributed by atoms with van der Waals surface area (Å²) in [5.74, 6) is -0.242. The fourth-order valence-corrected chi connectivity index (χ4v) is 2.32. The van der Waals surface area contributed by atoms with E-state index in [1.54, 1.807) is 6.07 Å². The Hall–Kier alpha value is -1.96. The van der Waals surface area contributed by atoms with Crippen molar-refractivity contribution in [2.75, 3.05) is 0 Å². The molecule has 2 aromatic carbocycles. The Balaban J connectivity index is 2.76. The molecule has 0 fully saturated rings. The van der Waals surface area contributed by atoms with E-state index >= 15 is 0 Å². The van der Waals surface area contributed by atoms with Crippen LogP contribution in [0.25, 0.3) is 11.1 Å². The molecule has 0 saturated heterocycles. The van der Waals surface area contributed by atoms with E-state index in [1.165, 1.54) is 12.1 Å². The van der Waals surface area contributed by atoms with Crippen LogP contribution in [0.5, 0.6) is 0 Å². The third kappa shape index (κ3) is 2.19. The van der Waals surface area contributed by atoms with Crippen LogP contribution in [0.15, 0.2) is 30.3 Å². The number of hydrogen-bond donors (Lipinski definition) is 0. The van der Waals surface area contributed by atoms with Crippen LogP contribution in [-0.4, -0.2) is 6.29 Å². The van der Waals surface area contributed by atoms with Crippen molar-refractivity contribution in [2.24, 2.45) is 0 Å². The molecule has 0 aliphatic rings. The van der Waals surface area contributed by atoms with Crippen molar-refractivity contribution in [1.29, 1.82) is 0 Å². The quantitative estimate of drug-likeness (QED) is 0.720. The molecular weight excluding hydrogens is 227 g/mol. The second-order valence-electron chi connectivity index (χ2n) is 4.62. The lowest BCUT2D eigenvalue weighted by Gasteiger charge is -2.13. The molecule has 0 aliphatic carbocycles. The summed E-state index contributed by atoms with van der Waals surface area (Å²) in [7, 11) is 0. The van der Waals surface area contributed by atoms with Crippen molar-refractivity contribution in [1.82, 2.24) is 0 Å². The van der Waals surface area contributed by atoms with Gasteiger partial charge in [-0.25, -0.2) is 4.39 Å². The molecule has 0 saturated carbocycles. The number of hydrogen-bond acceptors (Lipinski definition) is 1. The van der Waals surface area contributed by atoms with Gasteiger partial charge in [-0.3, -0.25) is 4.79 Å². The minimum Gasteiger partial charge on any atom is -0.298 e. The third-order valence-corrected chi connectivity index (χ3v) is 3.10. The molecule has 0 unspecified atom stereocenters. The minimum atomic E-state index is -0.242. The molecule has 0 heterocycles. The number of aldehydes is 1. The molecule has 2 aromatic rings. The number of benzene rings is 2. The topological polar surface area (TPSA) is 17.1 Å². The summed E-state index contributed by atoms with van der Waals surface area (Å²) >= 11 is 0. The zero-order valence-electron chi connectivity index (χ0n) is 10.8. The first kappa shape index (κ1) is 12.5. The maximum atomic E-state index is 13.3. The van der Waals surface area contributed by atoms with E-state index in [2.05, 4.69) is 0 Å². The molecule has 1 nitrogen and oxygen atoms in total. The third-order valence-electron chi connectivity index (χ3n) is 3.10. The number of halogens is 1. The highest BCUT2D eigenvalue weighted by molar-refractivity contribution is 5.89. The fourth-order valence-electron chi connectivity index (χ4n) is 2.32. The van der Waals surface area contributed by atoms with Gasteiger partial charge in [-0.15, -0.1) is 0 Å². The number of carbonyl (C=O) groups excluding carboxylic acids is 1. The lowest BCUT2D eigenvalue weighted by atomic mass is 9.91. The second kappa shape index (κ2) is 4.73. The number of carbonyl (C=O) groups is 1. The minimum absolute atomic E-state index is 0.242. The van der Waals surface area contributed by atoms with Gasteiger partial charge < -0.3 is 0 Å². The van der Waals surface area contributed by atoms with E-state index in [9.17, 15) is 9.18 Å². The molecule has 0 amide bonds. The smallest absolute Gasteiger partial charge is 0.150 e. The van der Waals surface area contributed by atoms with Crippen molar-refractivity contribution >= 4 is 6.29 Å². The monoisotopic (exact) mass is 242 g/mol. The highest BCUT2D eigenvalue weighted by atomic mass is 19.1. The fraction of sp³-hybridized carbons (Fsp3) is 0.188. The molecule has 0 atom stereocenters. The molecule has 0 aromatic heterocycles. The molecular formula is C16H15FO. The Kier molecular flexibility index (Phi) is 3.28. The lowest BCUT2D eigenvalue weighted by molar-refractivity contribution is 0.112. The zero-order chi connectivity index (χ0) is 13.3. The van der Waals surface area contributed by atoms with Crippen molar-refractivity contribution in [3.05, 3.63) is 58.4 Å². The normalized spacial score (nSPS) is 10.4. The second-order valence-corrected chi connectivity index (χ2v) is 4.62. The zero-order valence-corrected chi connectivity index (χ0v) is 10.8.